The SMILES string of the molecule is CC(C)[C@@H]1CC[C@H](C)[C@@H](N=Cc2ccccc2O)C1. The molecule has 1 aliphatic carbocycles. The van der Waals surface area contributed by atoms with E-state index in [0.29, 0.717) is 17.7 Å². The quantitative estimate of drug-likeness (QED) is 0.808. The van der Waals surface area contributed by atoms with Crippen molar-refractivity contribution in [3.8, 4) is 5.75 Å². The second kappa shape index (κ2) is 6.23. The van der Waals surface area contributed by atoms with E-state index in [9.17, 15) is 5.11 Å². The van der Waals surface area contributed by atoms with Crippen LogP contribution in [0.15, 0.2) is 29.3 Å². The molecule has 3 atom stereocenters. The molecule has 2 heteroatoms. The second-order valence-corrected chi connectivity index (χ2v) is 6.20. The first-order valence-electron chi connectivity index (χ1n) is 7.39. The molecule has 1 saturated carbocycles. The standard InChI is InChI=1S/C17H25NO/c1-12(2)14-9-8-13(3)16(10-14)18-11-15-6-4-5-7-17(15)19/h4-7,11-14,16,19H,8-10H2,1-3H3/t13-,14+,16-/m0/s1. The van der Waals surface area contributed by atoms with Crippen LogP contribution in [0.25, 0.3) is 0 Å². The van der Waals surface area contributed by atoms with Gasteiger partial charge in [0.2, 0.25) is 0 Å². The molecule has 19 heavy (non-hydrogen) atoms. The van der Waals surface area contributed by atoms with Crippen LogP contribution in [0.1, 0.15) is 45.6 Å². The summed E-state index contributed by atoms with van der Waals surface area (Å²) in [4.78, 5) is 4.74. The highest BCUT2D eigenvalue weighted by Crippen LogP contribution is 2.35. The van der Waals surface area contributed by atoms with E-state index in [0.717, 1.165) is 17.4 Å². The van der Waals surface area contributed by atoms with Crippen LogP contribution in [-0.2, 0) is 0 Å². The van der Waals surface area contributed by atoms with Crippen molar-refractivity contribution in [3.05, 3.63) is 29.8 Å². The van der Waals surface area contributed by atoms with E-state index < -0.39 is 0 Å². The molecule has 0 aliphatic heterocycles. The van der Waals surface area contributed by atoms with Crippen LogP contribution in [-0.4, -0.2) is 17.4 Å². The highest BCUT2D eigenvalue weighted by molar-refractivity contribution is 5.83. The van der Waals surface area contributed by atoms with E-state index in [2.05, 4.69) is 20.8 Å². The Balaban J connectivity index is 2.06. The maximum atomic E-state index is 9.75. The summed E-state index contributed by atoms with van der Waals surface area (Å²) in [7, 11) is 0. The van der Waals surface area contributed by atoms with Crippen LogP contribution in [0, 0.1) is 17.8 Å². The van der Waals surface area contributed by atoms with Crippen molar-refractivity contribution < 1.29 is 5.11 Å². The van der Waals surface area contributed by atoms with Crippen LogP contribution in [0.4, 0.5) is 0 Å². The summed E-state index contributed by atoms with van der Waals surface area (Å²) in [6, 6.07) is 7.79. The third kappa shape index (κ3) is 3.59. The van der Waals surface area contributed by atoms with E-state index in [1.165, 1.54) is 19.3 Å². The molecule has 0 spiro atoms. The highest BCUT2D eigenvalue weighted by atomic mass is 16.3. The van der Waals surface area contributed by atoms with Crippen molar-refractivity contribution in [1.82, 2.24) is 0 Å². The van der Waals surface area contributed by atoms with Gasteiger partial charge in [0.15, 0.2) is 0 Å². The first kappa shape index (κ1) is 14.1. The lowest BCUT2D eigenvalue weighted by molar-refractivity contribution is 0.208. The van der Waals surface area contributed by atoms with Crippen molar-refractivity contribution in [2.24, 2.45) is 22.7 Å². The number of hydrogen-bond donors (Lipinski definition) is 1. The molecule has 0 heterocycles. The van der Waals surface area contributed by atoms with E-state index in [1.807, 2.05) is 24.4 Å². The van der Waals surface area contributed by atoms with Gasteiger partial charge in [-0.25, -0.2) is 0 Å². The van der Waals surface area contributed by atoms with Crippen LogP contribution in [0.3, 0.4) is 0 Å². The minimum atomic E-state index is 0.315. The average molecular weight is 259 g/mol. The van der Waals surface area contributed by atoms with E-state index in [4.69, 9.17) is 4.99 Å². The molecule has 104 valence electrons. The van der Waals surface area contributed by atoms with Gasteiger partial charge in [0, 0.05) is 11.8 Å². The number of benzene rings is 1. The van der Waals surface area contributed by atoms with Gasteiger partial charge in [-0.05, 0) is 49.1 Å². The molecule has 1 aliphatic rings. The summed E-state index contributed by atoms with van der Waals surface area (Å²) in [5, 5.41) is 9.75. The normalized spacial score (nSPS) is 28.1. The minimum absolute atomic E-state index is 0.315. The summed E-state index contributed by atoms with van der Waals surface area (Å²) in [5.74, 6) is 2.50. The van der Waals surface area contributed by atoms with Crippen molar-refractivity contribution in [2.45, 2.75) is 46.1 Å². The Bertz CT molecular complexity index is 439. The van der Waals surface area contributed by atoms with Gasteiger partial charge in [0.05, 0.1) is 6.04 Å². The Kier molecular flexibility index (Phi) is 4.62. The summed E-state index contributed by atoms with van der Waals surface area (Å²) in [6.07, 6.45) is 5.63. The number of hydrogen-bond acceptors (Lipinski definition) is 2. The van der Waals surface area contributed by atoms with Crippen LogP contribution < -0.4 is 0 Å². The third-order valence-electron chi connectivity index (χ3n) is 4.48. The molecule has 1 fully saturated rings. The maximum Gasteiger partial charge on any atom is 0.124 e. The number of aromatic hydroxyl groups is 1. The Morgan fingerprint density at radius 2 is 2.00 bits per heavy atom. The molecule has 1 aromatic carbocycles. The van der Waals surface area contributed by atoms with Gasteiger partial charge in [-0.15, -0.1) is 0 Å². The summed E-state index contributed by atoms with van der Waals surface area (Å²) in [5.41, 5.74) is 0.821. The Hall–Kier alpha value is -1.31. The van der Waals surface area contributed by atoms with Gasteiger partial charge in [-0.3, -0.25) is 4.99 Å². The van der Waals surface area contributed by atoms with E-state index in [-0.39, 0.29) is 0 Å². The van der Waals surface area contributed by atoms with Gasteiger partial charge in [-0.2, -0.15) is 0 Å². The molecule has 2 nitrogen and oxygen atoms in total. The van der Waals surface area contributed by atoms with Gasteiger partial charge in [-0.1, -0.05) is 32.9 Å². The lowest BCUT2D eigenvalue weighted by Gasteiger charge is -2.34. The van der Waals surface area contributed by atoms with Gasteiger partial charge in [0.25, 0.3) is 0 Å². The van der Waals surface area contributed by atoms with Gasteiger partial charge in [0.1, 0.15) is 5.75 Å². The fourth-order valence-electron chi connectivity index (χ4n) is 2.92. The molecule has 2 rings (SSSR count). The third-order valence-corrected chi connectivity index (χ3v) is 4.48. The van der Waals surface area contributed by atoms with E-state index >= 15 is 0 Å². The Morgan fingerprint density at radius 1 is 1.26 bits per heavy atom. The van der Waals surface area contributed by atoms with Crippen molar-refractivity contribution in [2.75, 3.05) is 0 Å². The fraction of sp³-hybridized carbons (Fsp3) is 0.588. The van der Waals surface area contributed by atoms with Crippen molar-refractivity contribution in [1.29, 1.82) is 0 Å². The first-order chi connectivity index (χ1) is 9.08. The molecular formula is C17H25NO. The lowest BCUT2D eigenvalue weighted by atomic mass is 9.75. The average Bonchev–Trinajstić information content (AvgIpc) is 2.39. The summed E-state index contributed by atoms with van der Waals surface area (Å²) in [6.45, 7) is 6.91. The number of rotatable bonds is 3. The van der Waals surface area contributed by atoms with E-state index in [1.54, 1.807) is 6.07 Å². The highest BCUT2D eigenvalue weighted by Gasteiger charge is 2.28. The van der Waals surface area contributed by atoms with Crippen molar-refractivity contribution >= 4 is 6.21 Å². The molecule has 0 amide bonds. The topological polar surface area (TPSA) is 32.6 Å². The maximum absolute atomic E-state index is 9.75. The molecule has 1 N–H and O–H groups in total. The number of phenols is 1. The first-order valence-corrected chi connectivity index (χ1v) is 7.39. The zero-order chi connectivity index (χ0) is 13.8. The van der Waals surface area contributed by atoms with Gasteiger partial charge >= 0.3 is 0 Å². The predicted octanol–water partition coefficient (Wildman–Crippen LogP) is 4.27. The molecule has 1 aromatic rings. The lowest BCUT2D eigenvalue weighted by Crippen LogP contribution is -2.28. The second-order valence-electron chi connectivity index (χ2n) is 6.20. The Morgan fingerprint density at radius 3 is 2.68 bits per heavy atom. The number of nitrogens with zero attached hydrogens (tertiary/aromatic N) is 1. The molecular weight excluding hydrogens is 234 g/mol. The number of para-hydroxylation sites is 1. The van der Waals surface area contributed by atoms with Crippen LogP contribution >= 0.6 is 0 Å². The summed E-state index contributed by atoms with van der Waals surface area (Å²) >= 11 is 0. The zero-order valence-electron chi connectivity index (χ0n) is 12.2. The number of phenolic OH excluding ortho intramolecular Hbond substituents is 1. The number of aliphatic imine (C=N–C) groups is 1. The predicted molar refractivity (Wildman–Crippen MR) is 80.8 cm³/mol. The molecule has 0 saturated heterocycles. The zero-order valence-corrected chi connectivity index (χ0v) is 12.2. The summed E-state index contributed by atoms with van der Waals surface area (Å²) < 4.78 is 0. The largest absolute Gasteiger partial charge is 0.507 e. The Labute approximate surface area is 116 Å². The molecule has 0 unspecified atom stereocenters. The monoisotopic (exact) mass is 259 g/mol. The minimum Gasteiger partial charge on any atom is -0.507 e. The van der Waals surface area contributed by atoms with Crippen LogP contribution in [0.2, 0.25) is 0 Å². The molecule has 0 radical (unpaired) electrons. The fourth-order valence-corrected chi connectivity index (χ4v) is 2.92. The van der Waals surface area contributed by atoms with Crippen LogP contribution in [0.5, 0.6) is 5.75 Å². The molecule has 0 aromatic heterocycles. The van der Waals surface area contributed by atoms with Gasteiger partial charge < -0.3 is 5.11 Å². The van der Waals surface area contributed by atoms with Crippen molar-refractivity contribution in [3.63, 3.8) is 0 Å². The molecule has 0 bridgehead atoms. The smallest absolute Gasteiger partial charge is 0.124 e.